The molecule has 0 aromatic heterocycles. The number of carbonyl (C=O) groups excluding carboxylic acids is 1. The minimum atomic E-state index is -1.07. The first kappa shape index (κ1) is 13.0. The summed E-state index contributed by atoms with van der Waals surface area (Å²) < 4.78 is 0. The fourth-order valence-corrected chi connectivity index (χ4v) is 0.465. The number of rotatable bonds is 4. The Labute approximate surface area is 71.4 Å². The van der Waals surface area contributed by atoms with Crippen LogP contribution in [0.5, 0.6) is 0 Å². The van der Waals surface area contributed by atoms with Gasteiger partial charge >= 0.3 is 5.97 Å². The molecule has 0 aliphatic rings. The van der Waals surface area contributed by atoms with Gasteiger partial charge in [-0.05, 0) is 14.0 Å². The van der Waals surface area contributed by atoms with Crippen LogP contribution in [0.4, 0.5) is 0 Å². The van der Waals surface area contributed by atoms with E-state index < -0.39 is 11.9 Å². The van der Waals surface area contributed by atoms with Gasteiger partial charge in [0.15, 0.2) is 5.78 Å². The number of hydrogen-bond donors (Lipinski definition) is 2. The van der Waals surface area contributed by atoms with Gasteiger partial charge in [0.05, 0.1) is 6.54 Å². The van der Waals surface area contributed by atoms with E-state index in [9.17, 15) is 9.59 Å². The zero-order valence-corrected chi connectivity index (χ0v) is 7.27. The molecule has 4 nitrogen and oxygen atoms in total. The third kappa shape index (κ3) is 4.75. The highest BCUT2D eigenvalue weighted by molar-refractivity contribution is 5.98. The Morgan fingerprint density at radius 2 is 2.00 bits per heavy atom. The Balaban J connectivity index is 0. The molecule has 66 valence electrons. The molecular weight excluding hydrogens is 170 g/mol. The van der Waals surface area contributed by atoms with Gasteiger partial charge < -0.3 is 10.4 Å². The van der Waals surface area contributed by atoms with Crippen molar-refractivity contribution in [3.63, 3.8) is 0 Å². The first-order valence-corrected chi connectivity index (χ1v) is 2.99. The predicted octanol–water partition coefficient (Wildman–Crippen LogP) is -0.0826. The summed E-state index contributed by atoms with van der Waals surface area (Å²) in [6.45, 7) is 1.50. The molecule has 0 aliphatic carbocycles. The Morgan fingerprint density at radius 3 is 2.27 bits per heavy atom. The molecular formula is C6H12ClNO3. The first-order valence-electron chi connectivity index (χ1n) is 2.99. The molecule has 0 aromatic carbocycles. The summed E-state index contributed by atoms with van der Waals surface area (Å²) in [7, 11) is 1.60. The monoisotopic (exact) mass is 181 g/mol. The summed E-state index contributed by atoms with van der Waals surface area (Å²) in [5, 5.41) is 10.9. The molecule has 1 atom stereocenters. The fourth-order valence-electron chi connectivity index (χ4n) is 0.465. The van der Waals surface area contributed by atoms with Crippen molar-refractivity contribution in [2.24, 2.45) is 5.92 Å². The van der Waals surface area contributed by atoms with E-state index in [4.69, 9.17) is 5.11 Å². The maximum Gasteiger partial charge on any atom is 0.313 e. The summed E-state index contributed by atoms with van der Waals surface area (Å²) in [5.74, 6) is -2.26. The van der Waals surface area contributed by atoms with E-state index in [-0.39, 0.29) is 24.7 Å². The quantitative estimate of drug-likeness (QED) is 0.596. The number of nitrogens with one attached hydrogen (secondary N) is 1. The number of hydrogen-bond acceptors (Lipinski definition) is 3. The Hall–Kier alpha value is -0.610. The van der Waals surface area contributed by atoms with Gasteiger partial charge in [0, 0.05) is 0 Å². The maximum absolute atomic E-state index is 10.7. The zero-order chi connectivity index (χ0) is 8.15. The standard InChI is InChI=1S/C6H11NO3.ClH/c1-4(6(9)10)5(8)3-7-2;/h4,7H,3H2,1-2H3,(H,9,10);1H. The van der Waals surface area contributed by atoms with Gasteiger partial charge in [-0.2, -0.15) is 0 Å². The topological polar surface area (TPSA) is 66.4 Å². The molecule has 0 aromatic rings. The van der Waals surface area contributed by atoms with E-state index in [0.29, 0.717) is 0 Å². The van der Waals surface area contributed by atoms with Crippen molar-refractivity contribution in [2.45, 2.75) is 6.92 Å². The van der Waals surface area contributed by atoms with Crippen LogP contribution in [0.3, 0.4) is 0 Å². The predicted molar refractivity (Wildman–Crippen MR) is 43.0 cm³/mol. The zero-order valence-electron chi connectivity index (χ0n) is 6.46. The van der Waals surface area contributed by atoms with Crippen molar-refractivity contribution in [1.82, 2.24) is 5.32 Å². The van der Waals surface area contributed by atoms with Crippen LogP contribution < -0.4 is 5.32 Å². The number of likely N-dealkylation sites (N-methyl/N-ethyl adjacent to an activating group) is 1. The number of carbonyl (C=O) groups is 2. The SMILES string of the molecule is CNCC(=O)C(C)C(=O)O.Cl. The van der Waals surface area contributed by atoms with Gasteiger partial charge in [0.2, 0.25) is 0 Å². The minimum Gasteiger partial charge on any atom is -0.481 e. The Morgan fingerprint density at radius 1 is 1.55 bits per heavy atom. The number of carboxylic acids is 1. The van der Waals surface area contributed by atoms with Crippen LogP contribution in [0.25, 0.3) is 0 Å². The van der Waals surface area contributed by atoms with Gasteiger partial charge in [-0.25, -0.2) is 0 Å². The van der Waals surface area contributed by atoms with Crippen LogP contribution >= 0.6 is 12.4 Å². The molecule has 0 heterocycles. The van der Waals surface area contributed by atoms with Crippen LogP contribution in [-0.4, -0.2) is 30.5 Å². The van der Waals surface area contributed by atoms with Crippen molar-refractivity contribution in [2.75, 3.05) is 13.6 Å². The molecule has 0 aliphatic heterocycles. The third-order valence-corrected chi connectivity index (χ3v) is 1.20. The summed E-state index contributed by atoms with van der Waals surface area (Å²) in [6, 6.07) is 0. The third-order valence-electron chi connectivity index (χ3n) is 1.20. The van der Waals surface area contributed by atoms with Crippen LogP contribution in [0.15, 0.2) is 0 Å². The second-order valence-corrected chi connectivity index (χ2v) is 2.06. The number of halogens is 1. The van der Waals surface area contributed by atoms with Crippen LogP contribution in [-0.2, 0) is 9.59 Å². The molecule has 0 radical (unpaired) electrons. The highest BCUT2D eigenvalue weighted by Crippen LogP contribution is 1.94. The van der Waals surface area contributed by atoms with E-state index >= 15 is 0 Å². The van der Waals surface area contributed by atoms with E-state index in [2.05, 4.69) is 5.32 Å². The first-order chi connectivity index (χ1) is 4.59. The highest BCUT2D eigenvalue weighted by Gasteiger charge is 2.18. The highest BCUT2D eigenvalue weighted by atomic mass is 35.5. The molecule has 11 heavy (non-hydrogen) atoms. The fraction of sp³-hybridized carbons (Fsp3) is 0.667. The summed E-state index contributed by atoms with van der Waals surface area (Å²) in [6.07, 6.45) is 0. The number of aliphatic carboxylic acids is 1. The number of ketones is 1. The van der Waals surface area contributed by atoms with E-state index in [1.54, 1.807) is 7.05 Å². The van der Waals surface area contributed by atoms with Gasteiger partial charge in [-0.3, -0.25) is 9.59 Å². The Kier molecular flexibility index (Phi) is 7.24. The molecule has 0 rings (SSSR count). The Bertz CT molecular complexity index is 149. The van der Waals surface area contributed by atoms with Gasteiger partial charge in [-0.15, -0.1) is 12.4 Å². The molecule has 0 spiro atoms. The van der Waals surface area contributed by atoms with Crippen molar-refractivity contribution >= 4 is 24.2 Å². The lowest BCUT2D eigenvalue weighted by Gasteiger charge is -2.02. The summed E-state index contributed by atoms with van der Waals surface area (Å²) >= 11 is 0. The van der Waals surface area contributed by atoms with Crippen LogP contribution in [0.1, 0.15) is 6.92 Å². The normalized spacial score (nSPS) is 11.5. The average Bonchev–Trinajstić information content (AvgIpc) is 1.87. The maximum atomic E-state index is 10.7. The number of carboxylic acid groups (broad SMARTS) is 1. The molecule has 0 bridgehead atoms. The summed E-state index contributed by atoms with van der Waals surface area (Å²) in [5.41, 5.74) is 0. The van der Waals surface area contributed by atoms with E-state index in [1.165, 1.54) is 6.92 Å². The van der Waals surface area contributed by atoms with Gasteiger partial charge in [0.25, 0.3) is 0 Å². The number of Topliss-reactive ketones (excluding diaryl/α,β-unsaturated/α-hetero) is 1. The van der Waals surface area contributed by atoms with Crippen molar-refractivity contribution < 1.29 is 14.7 Å². The van der Waals surface area contributed by atoms with Crippen molar-refractivity contribution in [3.8, 4) is 0 Å². The van der Waals surface area contributed by atoms with Gasteiger partial charge in [-0.1, -0.05) is 0 Å². The lowest BCUT2D eigenvalue weighted by Crippen LogP contribution is -2.28. The molecule has 0 amide bonds. The molecule has 0 saturated heterocycles. The molecule has 2 N–H and O–H groups in total. The molecule has 5 heteroatoms. The lowest BCUT2D eigenvalue weighted by molar-refractivity contribution is -0.145. The smallest absolute Gasteiger partial charge is 0.313 e. The average molecular weight is 182 g/mol. The van der Waals surface area contributed by atoms with Crippen LogP contribution in [0.2, 0.25) is 0 Å². The second-order valence-electron chi connectivity index (χ2n) is 2.06. The van der Waals surface area contributed by atoms with Crippen molar-refractivity contribution in [1.29, 1.82) is 0 Å². The van der Waals surface area contributed by atoms with Crippen LogP contribution in [0, 0.1) is 5.92 Å². The van der Waals surface area contributed by atoms with E-state index in [0.717, 1.165) is 0 Å². The molecule has 1 unspecified atom stereocenters. The molecule has 0 saturated carbocycles. The largest absolute Gasteiger partial charge is 0.481 e. The second kappa shape index (κ2) is 6.12. The van der Waals surface area contributed by atoms with Crippen molar-refractivity contribution in [3.05, 3.63) is 0 Å². The minimum absolute atomic E-state index is 0. The molecule has 0 fully saturated rings. The van der Waals surface area contributed by atoms with E-state index in [1.807, 2.05) is 0 Å². The lowest BCUT2D eigenvalue weighted by atomic mass is 10.1. The van der Waals surface area contributed by atoms with Gasteiger partial charge in [0.1, 0.15) is 5.92 Å². The summed E-state index contributed by atoms with van der Waals surface area (Å²) in [4.78, 5) is 20.9.